The van der Waals surface area contributed by atoms with Gasteiger partial charge in [-0.3, -0.25) is 9.59 Å². The predicted molar refractivity (Wildman–Crippen MR) is 136 cm³/mol. The zero-order chi connectivity index (χ0) is 24.2. The Morgan fingerprint density at radius 2 is 1.85 bits per heavy atom. The largest absolute Gasteiger partial charge is 0.490 e. The lowest BCUT2D eigenvalue weighted by Crippen LogP contribution is -2.27. The van der Waals surface area contributed by atoms with Crippen molar-refractivity contribution >= 4 is 62.2 Å². The van der Waals surface area contributed by atoms with E-state index in [9.17, 15) is 14.0 Å². The van der Waals surface area contributed by atoms with Crippen molar-refractivity contribution in [1.29, 1.82) is 0 Å². The van der Waals surface area contributed by atoms with Gasteiger partial charge in [-0.1, -0.05) is 23.7 Å². The van der Waals surface area contributed by atoms with Gasteiger partial charge < -0.3 is 9.47 Å². The summed E-state index contributed by atoms with van der Waals surface area (Å²) in [5.41, 5.74) is 1.77. The number of anilines is 1. The lowest BCUT2D eigenvalue weighted by atomic mass is 10.1. The van der Waals surface area contributed by atoms with Crippen LogP contribution in [-0.2, 0) is 11.4 Å². The number of imide groups is 1. The summed E-state index contributed by atoms with van der Waals surface area (Å²) in [6.45, 7) is 2.38. The van der Waals surface area contributed by atoms with E-state index in [-0.39, 0.29) is 17.3 Å². The zero-order valence-corrected chi connectivity index (χ0v) is 21.0. The highest BCUT2D eigenvalue weighted by Gasteiger charge is 2.36. The van der Waals surface area contributed by atoms with Crippen LogP contribution >= 0.6 is 39.3 Å². The molecule has 174 valence electrons. The molecule has 1 saturated heterocycles. The number of hydrogen-bond acceptors (Lipinski definition) is 5. The van der Waals surface area contributed by atoms with Gasteiger partial charge in [0.2, 0.25) is 0 Å². The molecule has 0 aromatic heterocycles. The summed E-state index contributed by atoms with van der Waals surface area (Å²) in [6.07, 6.45) is 1.63. The molecule has 3 aromatic rings. The van der Waals surface area contributed by atoms with E-state index in [0.717, 1.165) is 16.7 Å². The standard InChI is InChI=1S/C25H18BrClFNO4S/c1-2-32-21-12-16(11-20(26)23(21)33-14-15-4-3-5-18(28)10-15)13-22-24(30)29(25(31)34-22)19-8-6-17(27)7-9-19/h3-13H,2,14H2,1H3/b22-13+. The minimum absolute atomic E-state index is 0.149. The van der Waals surface area contributed by atoms with Crippen molar-refractivity contribution in [3.05, 3.63) is 92.0 Å². The number of nitrogens with zero attached hydrogens (tertiary/aromatic N) is 1. The van der Waals surface area contributed by atoms with E-state index in [1.165, 1.54) is 12.1 Å². The molecule has 5 nitrogen and oxygen atoms in total. The molecule has 0 bridgehead atoms. The molecule has 2 amide bonds. The molecule has 4 rings (SSSR count). The molecule has 0 N–H and O–H groups in total. The third-order valence-electron chi connectivity index (χ3n) is 4.78. The minimum atomic E-state index is -0.419. The molecular weight excluding hydrogens is 545 g/mol. The average molecular weight is 563 g/mol. The molecular formula is C25H18BrClFNO4S. The maximum atomic E-state index is 13.5. The second-order valence-electron chi connectivity index (χ2n) is 7.18. The topological polar surface area (TPSA) is 55.8 Å². The molecule has 1 fully saturated rings. The molecule has 0 radical (unpaired) electrons. The Bertz CT molecular complexity index is 1280. The van der Waals surface area contributed by atoms with E-state index in [1.807, 2.05) is 6.92 Å². The fourth-order valence-corrected chi connectivity index (χ4v) is 4.83. The Kier molecular flexibility index (Phi) is 7.60. The summed E-state index contributed by atoms with van der Waals surface area (Å²) in [5.74, 6) is 0.153. The SMILES string of the molecule is CCOc1cc(/C=C2/SC(=O)N(c3ccc(Cl)cc3)C2=O)cc(Br)c1OCc1cccc(F)c1. The van der Waals surface area contributed by atoms with Crippen molar-refractivity contribution in [3.63, 3.8) is 0 Å². The van der Waals surface area contributed by atoms with Crippen molar-refractivity contribution in [1.82, 2.24) is 0 Å². The number of hydrogen-bond donors (Lipinski definition) is 0. The number of benzene rings is 3. The number of halogens is 3. The Balaban J connectivity index is 1.60. The van der Waals surface area contributed by atoms with Gasteiger partial charge in [-0.25, -0.2) is 9.29 Å². The molecule has 3 aromatic carbocycles. The van der Waals surface area contributed by atoms with Crippen molar-refractivity contribution in [2.75, 3.05) is 11.5 Å². The monoisotopic (exact) mass is 561 g/mol. The molecule has 0 unspecified atom stereocenters. The predicted octanol–water partition coefficient (Wildman–Crippen LogP) is 7.46. The fourth-order valence-electron chi connectivity index (χ4n) is 3.29. The molecule has 0 saturated carbocycles. The Labute approximate surface area is 213 Å². The third-order valence-corrected chi connectivity index (χ3v) is 6.49. The Hall–Kier alpha value is -2.81. The normalized spacial score (nSPS) is 14.7. The highest BCUT2D eigenvalue weighted by molar-refractivity contribution is 9.10. The van der Waals surface area contributed by atoms with Crippen LogP contribution in [0, 0.1) is 5.82 Å². The van der Waals surface area contributed by atoms with Crippen molar-refractivity contribution < 1.29 is 23.5 Å². The molecule has 1 heterocycles. The quantitative estimate of drug-likeness (QED) is 0.280. The number of rotatable bonds is 7. The van der Waals surface area contributed by atoms with Gasteiger partial charge in [0, 0.05) is 5.02 Å². The van der Waals surface area contributed by atoms with E-state index in [2.05, 4.69) is 15.9 Å². The van der Waals surface area contributed by atoms with Crippen LogP contribution in [0.4, 0.5) is 14.9 Å². The van der Waals surface area contributed by atoms with Gasteiger partial charge in [0.25, 0.3) is 11.1 Å². The van der Waals surface area contributed by atoms with E-state index < -0.39 is 11.1 Å². The van der Waals surface area contributed by atoms with Crippen LogP contribution in [0.5, 0.6) is 11.5 Å². The van der Waals surface area contributed by atoms with Crippen LogP contribution in [0.2, 0.25) is 5.02 Å². The van der Waals surface area contributed by atoms with Crippen LogP contribution in [0.1, 0.15) is 18.1 Å². The van der Waals surface area contributed by atoms with Gasteiger partial charge in [-0.05, 0) is 100 Å². The number of carbonyl (C=O) groups is 2. The maximum Gasteiger partial charge on any atom is 0.298 e. The molecule has 0 aliphatic carbocycles. The summed E-state index contributed by atoms with van der Waals surface area (Å²) < 4.78 is 25.7. The molecule has 0 atom stereocenters. The van der Waals surface area contributed by atoms with Gasteiger partial charge in [0.1, 0.15) is 12.4 Å². The number of ether oxygens (including phenoxy) is 2. The van der Waals surface area contributed by atoms with E-state index >= 15 is 0 Å². The highest BCUT2D eigenvalue weighted by Crippen LogP contribution is 2.40. The molecule has 0 spiro atoms. The van der Waals surface area contributed by atoms with E-state index in [4.69, 9.17) is 21.1 Å². The lowest BCUT2D eigenvalue weighted by molar-refractivity contribution is -0.113. The first-order valence-corrected chi connectivity index (χ1v) is 12.2. The molecule has 1 aliphatic rings. The number of amides is 2. The molecule has 9 heteroatoms. The van der Waals surface area contributed by atoms with Crippen molar-refractivity contribution in [2.45, 2.75) is 13.5 Å². The average Bonchev–Trinajstić information content (AvgIpc) is 3.07. The number of thioether (sulfide) groups is 1. The Morgan fingerprint density at radius 3 is 2.56 bits per heavy atom. The van der Waals surface area contributed by atoms with E-state index in [1.54, 1.807) is 54.6 Å². The Morgan fingerprint density at radius 1 is 1.09 bits per heavy atom. The molecule has 1 aliphatic heterocycles. The van der Waals surface area contributed by atoms with Gasteiger partial charge >= 0.3 is 0 Å². The van der Waals surface area contributed by atoms with Gasteiger partial charge in [-0.15, -0.1) is 0 Å². The fraction of sp³-hybridized carbons (Fsp3) is 0.120. The van der Waals surface area contributed by atoms with Crippen LogP contribution in [0.15, 0.2) is 70.0 Å². The summed E-state index contributed by atoms with van der Waals surface area (Å²) in [6, 6.07) is 16.1. The van der Waals surface area contributed by atoms with Gasteiger partial charge in [0.15, 0.2) is 11.5 Å². The summed E-state index contributed by atoms with van der Waals surface area (Å²) in [5, 5.41) is 0.122. The van der Waals surface area contributed by atoms with Crippen molar-refractivity contribution in [2.24, 2.45) is 0 Å². The van der Waals surface area contributed by atoms with Gasteiger partial charge in [0.05, 0.1) is 21.7 Å². The van der Waals surface area contributed by atoms with Crippen LogP contribution in [0.3, 0.4) is 0 Å². The van der Waals surface area contributed by atoms with Crippen LogP contribution in [-0.4, -0.2) is 17.8 Å². The van der Waals surface area contributed by atoms with Crippen LogP contribution < -0.4 is 14.4 Å². The number of carbonyl (C=O) groups excluding carboxylic acids is 2. The third kappa shape index (κ3) is 5.46. The maximum absolute atomic E-state index is 13.5. The highest BCUT2D eigenvalue weighted by atomic mass is 79.9. The van der Waals surface area contributed by atoms with Crippen LogP contribution in [0.25, 0.3) is 6.08 Å². The van der Waals surface area contributed by atoms with Crippen molar-refractivity contribution in [3.8, 4) is 11.5 Å². The first-order chi connectivity index (χ1) is 16.4. The second kappa shape index (κ2) is 10.6. The van der Waals surface area contributed by atoms with Gasteiger partial charge in [-0.2, -0.15) is 0 Å². The smallest absolute Gasteiger partial charge is 0.298 e. The first-order valence-electron chi connectivity index (χ1n) is 10.2. The minimum Gasteiger partial charge on any atom is -0.490 e. The van der Waals surface area contributed by atoms with E-state index in [0.29, 0.717) is 44.4 Å². The first kappa shape index (κ1) is 24.3. The molecule has 34 heavy (non-hydrogen) atoms. The summed E-state index contributed by atoms with van der Waals surface area (Å²) in [4.78, 5) is 26.9. The summed E-state index contributed by atoms with van der Waals surface area (Å²) in [7, 11) is 0. The summed E-state index contributed by atoms with van der Waals surface area (Å²) >= 11 is 10.3. The zero-order valence-electron chi connectivity index (χ0n) is 17.9. The lowest BCUT2D eigenvalue weighted by Gasteiger charge is -2.15. The second-order valence-corrected chi connectivity index (χ2v) is 9.46.